The maximum Gasteiger partial charge on any atom is 0.416 e. The molecule has 0 unspecified atom stereocenters. The molecule has 1 fully saturated rings. The van der Waals surface area contributed by atoms with Gasteiger partial charge < -0.3 is 15.3 Å². The molecule has 1 aliphatic rings. The summed E-state index contributed by atoms with van der Waals surface area (Å²) in [7, 11) is 0. The third-order valence-electron chi connectivity index (χ3n) is 4.97. The summed E-state index contributed by atoms with van der Waals surface area (Å²) in [5.74, 6) is -2.31. The number of carbonyl (C=O) groups excluding carboxylic acids is 1. The van der Waals surface area contributed by atoms with Gasteiger partial charge in [0.05, 0.1) is 37.8 Å². The van der Waals surface area contributed by atoms with E-state index in [1.165, 1.54) is 18.2 Å². The van der Waals surface area contributed by atoms with Crippen LogP contribution in [0, 0.1) is 5.92 Å². The van der Waals surface area contributed by atoms with Gasteiger partial charge in [0.15, 0.2) is 0 Å². The van der Waals surface area contributed by atoms with Gasteiger partial charge in [0.1, 0.15) is 0 Å². The highest BCUT2D eigenvalue weighted by molar-refractivity contribution is 6.42. The predicted molar refractivity (Wildman–Crippen MR) is 113 cm³/mol. The van der Waals surface area contributed by atoms with E-state index in [1.54, 1.807) is 4.90 Å². The normalized spacial score (nSPS) is 15.1. The second-order valence-electron chi connectivity index (χ2n) is 7.03. The number of nitrogens with zero attached hydrogens (tertiary/aromatic N) is 1. The molecule has 1 aliphatic heterocycles. The van der Waals surface area contributed by atoms with E-state index >= 15 is 0 Å². The molecule has 5 nitrogen and oxygen atoms in total. The van der Waals surface area contributed by atoms with Crippen molar-refractivity contribution in [1.82, 2.24) is 0 Å². The maximum atomic E-state index is 13.3. The topological polar surface area (TPSA) is 69.6 Å². The molecule has 0 radical (unpaired) electrons. The molecule has 1 heterocycles. The van der Waals surface area contributed by atoms with Crippen molar-refractivity contribution >= 4 is 58.1 Å². The molecule has 0 bridgehead atoms. The number of aliphatic carboxylic acids is 1. The summed E-state index contributed by atoms with van der Waals surface area (Å²) >= 11 is 18.0. The van der Waals surface area contributed by atoms with Gasteiger partial charge in [-0.3, -0.25) is 9.59 Å². The fourth-order valence-electron chi connectivity index (χ4n) is 3.38. The molecule has 0 spiro atoms. The Kier molecular flexibility index (Phi) is 6.93. The zero-order valence-corrected chi connectivity index (χ0v) is 18.0. The van der Waals surface area contributed by atoms with Crippen molar-refractivity contribution in [1.29, 1.82) is 0 Å². The predicted octanol–water partition coefficient (Wildman–Crippen LogP) is 6.22. The Morgan fingerprint density at radius 1 is 1.00 bits per heavy atom. The highest BCUT2D eigenvalue weighted by atomic mass is 35.5. The molecule has 31 heavy (non-hydrogen) atoms. The minimum absolute atomic E-state index is 0.121. The van der Waals surface area contributed by atoms with Crippen molar-refractivity contribution in [3.8, 4) is 0 Å². The second kappa shape index (κ2) is 9.14. The number of hydrogen-bond donors (Lipinski definition) is 2. The van der Waals surface area contributed by atoms with Crippen LogP contribution in [0.3, 0.4) is 0 Å². The van der Waals surface area contributed by atoms with Gasteiger partial charge in [-0.05, 0) is 43.2 Å². The molecule has 2 aromatic carbocycles. The van der Waals surface area contributed by atoms with Gasteiger partial charge in [-0.1, -0.05) is 34.8 Å². The summed E-state index contributed by atoms with van der Waals surface area (Å²) in [4.78, 5) is 25.8. The van der Waals surface area contributed by atoms with Gasteiger partial charge in [-0.25, -0.2) is 0 Å². The van der Waals surface area contributed by atoms with Gasteiger partial charge in [-0.2, -0.15) is 13.2 Å². The first-order chi connectivity index (χ1) is 14.5. The lowest BCUT2D eigenvalue weighted by Crippen LogP contribution is -2.37. The number of halogens is 6. The van der Waals surface area contributed by atoms with Gasteiger partial charge in [0, 0.05) is 18.8 Å². The lowest BCUT2D eigenvalue weighted by atomic mass is 9.95. The number of amides is 1. The Labute approximate surface area is 190 Å². The Bertz CT molecular complexity index is 1020. The summed E-state index contributed by atoms with van der Waals surface area (Å²) in [6, 6.07) is 5.76. The summed E-state index contributed by atoms with van der Waals surface area (Å²) < 4.78 is 40.0. The molecule has 2 aromatic rings. The van der Waals surface area contributed by atoms with E-state index in [-0.39, 0.29) is 57.9 Å². The number of hydrogen-bond acceptors (Lipinski definition) is 3. The van der Waals surface area contributed by atoms with Crippen LogP contribution in [0.2, 0.25) is 15.1 Å². The fraction of sp³-hybridized carbons (Fsp3) is 0.300. The third-order valence-corrected chi connectivity index (χ3v) is 6.00. The van der Waals surface area contributed by atoms with E-state index in [4.69, 9.17) is 34.8 Å². The van der Waals surface area contributed by atoms with E-state index < -0.39 is 29.5 Å². The third kappa shape index (κ3) is 5.37. The Hall–Kier alpha value is -2.16. The monoisotopic (exact) mass is 494 g/mol. The van der Waals surface area contributed by atoms with Crippen molar-refractivity contribution in [2.45, 2.75) is 19.0 Å². The van der Waals surface area contributed by atoms with Crippen LogP contribution in [-0.4, -0.2) is 30.1 Å². The van der Waals surface area contributed by atoms with Crippen LogP contribution in [-0.2, 0) is 11.0 Å². The standard InChI is InChI=1S/C20H16Cl3F3N2O3/c21-14-2-1-12(9-15(14)22)27-18(29)13-7-11(20(24,25)26)8-16(23)17(13)28-5-3-10(4-6-28)19(30)31/h1-2,7-10H,3-6H2,(H,27,29)(H,30,31). The first kappa shape index (κ1) is 23.5. The average molecular weight is 496 g/mol. The fourth-order valence-corrected chi connectivity index (χ4v) is 4.02. The number of alkyl halides is 3. The Balaban J connectivity index is 1.99. The second-order valence-corrected chi connectivity index (χ2v) is 8.26. The van der Waals surface area contributed by atoms with Crippen LogP contribution < -0.4 is 10.2 Å². The minimum Gasteiger partial charge on any atom is -0.481 e. The van der Waals surface area contributed by atoms with E-state index in [9.17, 15) is 27.9 Å². The minimum atomic E-state index is -4.71. The average Bonchev–Trinajstić information content (AvgIpc) is 2.69. The lowest BCUT2D eigenvalue weighted by molar-refractivity contribution is -0.142. The molecule has 0 aromatic heterocycles. The number of carboxylic acid groups (broad SMARTS) is 1. The number of anilines is 2. The number of piperidine rings is 1. The number of nitrogens with one attached hydrogen (secondary N) is 1. The van der Waals surface area contributed by atoms with E-state index in [0.717, 1.165) is 12.1 Å². The van der Waals surface area contributed by atoms with Crippen LogP contribution in [0.15, 0.2) is 30.3 Å². The first-order valence-corrected chi connectivity index (χ1v) is 10.3. The molecule has 11 heteroatoms. The van der Waals surface area contributed by atoms with Crippen molar-refractivity contribution in [2.75, 3.05) is 23.3 Å². The number of rotatable bonds is 4. The van der Waals surface area contributed by atoms with Crippen molar-refractivity contribution in [2.24, 2.45) is 5.92 Å². The zero-order valence-electron chi connectivity index (χ0n) is 15.8. The van der Waals surface area contributed by atoms with Crippen molar-refractivity contribution < 1.29 is 27.9 Å². The van der Waals surface area contributed by atoms with E-state index in [2.05, 4.69) is 5.32 Å². The van der Waals surface area contributed by atoms with Crippen LogP contribution in [0.5, 0.6) is 0 Å². The maximum absolute atomic E-state index is 13.3. The van der Waals surface area contributed by atoms with Crippen molar-refractivity contribution in [3.05, 3.63) is 56.5 Å². The molecular formula is C20H16Cl3F3N2O3. The summed E-state index contributed by atoms with van der Waals surface area (Å²) in [5.41, 5.74) is -0.986. The summed E-state index contributed by atoms with van der Waals surface area (Å²) in [6.45, 7) is 0.463. The van der Waals surface area contributed by atoms with Gasteiger partial charge in [-0.15, -0.1) is 0 Å². The van der Waals surface area contributed by atoms with E-state index in [1.807, 2.05) is 0 Å². The van der Waals surface area contributed by atoms with E-state index in [0.29, 0.717) is 0 Å². The number of carboxylic acids is 1. The molecule has 1 amide bonds. The SMILES string of the molecule is O=C(Nc1ccc(Cl)c(Cl)c1)c1cc(C(F)(F)F)cc(Cl)c1N1CCC(C(=O)O)CC1. The highest BCUT2D eigenvalue weighted by Crippen LogP contribution is 2.39. The Morgan fingerprint density at radius 3 is 2.19 bits per heavy atom. The van der Waals surface area contributed by atoms with Gasteiger partial charge in [0.25, 0.3) is 5.91 Å². The lowest BCUT2D eigenvalue weighted by Gasteiger charge is -2.34. The molecular weight excluding hydrogens is 480 g/mol. The zero-order chi connectivity index (χ0) is 22.9. The quantitative estimate of drug-likeness (QED) is 0.528. The van der Waals surface area contributed by atoms with Crippen molar-refractivity contribution in [3.63, 3.8) is 0 Å². The number of carbonyl (C=O) groups is 2. The molecule has 0 saturated carbocycles. The van der Waals surface area contributed by atoms with Crippen LogP contribution >= 0.6 is 34.8 Å². The molecule has 0 aliphatic carbocycles. The Morgan fingerprint density at radius 2 is 1.65 bits per heavy atom. The molecule has 1 saturated heterocycles. The van der Waals surface area contributed by atoms with Crippen LogP contribution in [0.1, 0.15) is 28.8 Å². The molecule has 0 atom stereocenters. The highest BCUT2D eigenvalue weighted by Gasteiger charge is 2.35. The van der Waals surface area contributed by atoms with Gasteiger partial charge >= 0.3 is 12.1 Å². The van der Waals surface area contributed by atoms with Gasteiger partial charge in [0.2, 0.25) is 0 Å². The molecule has 2 N–H and O–H groups in total. The molecule has 166 valence electrons. The first-order valence-electron chi connectivity index (χ1n) is 9.12. The smallest absolute Gasteiger partial charge is 0.416 e. The summed E-state index contributed by atoms with van der Waals surface area (Å²) in [6.07, 6.45) is -4.15. The summed E-state index contributed by atoms with van der Waals surface area (Å²) in [5, 5.41) is 11.9. The van der Waals surface area contributed by atoms with Crippen LogP contribution in [0.4, 0.5) is 24.5 Å². The van der Waals surface area contributed by atoms with Crippen LogP contribution in [0.25, 0.3) is 0 Å². The molecule has 3 rings (SSSR count). The number of benzene rings is 2. The largest absolute Gasteiger partial charge is 0.481 e.